The van der Waals surface area contributed by atoms with E-state index < -0.39 is 0 Å². The number of rotatable bonds is 5. The fourth-order valence-electron chi connectivity index (χ4n) is 2.43. The van der Waals surface area contributed by atoms with E-state index in [1.54, 1.807) is 0 Å². The third-order valence-electron chi connectivity index (χ3n) is 3.49. The van der Waals surface area contributed by atoms with Crippen molar-refractivity contribution in [3.05, 3.63) is 35.4 Å². The Labute approximate surface area is 106 Å². The Bertz CT molecular complexity index is 341. The summed E-state index contributed by atoms with van der Waals surface area (Å²) in [4.78, 5) is 0. The molecule has 0 aliphatic carbocycles. The van der Waals surface area contributed by atoms with Gasteiger partial charge in [-0.05, 0) is 35.3 Å². The molecule has 0 fully saturated rings. The summed E-state index contributed by atoms with van der Waals surface area (Å²) >= 11 is 0. The van der Waals surface area contributed by atoms with Crippen LogP contribution in [0.15, 0.2) is 24.3 Å². The van der Waals surface area contributed by atoms with Gasteiger partial charge in [-0.1, -0.05) is 58.9 Å². The first-order valence-corrected chi connectivity index (χ1v) is 6.77. The van der Waals surface area contributed by atoms with Gasteiger partial charge < -0.3 is 5.73 Å². The van der Waals surface area contributed by atoms with E-state index >= 15 is 0 Å². The average molecular weight is 233 g/mol. The lowest BCUT2D eigenvalue weighted by Crippen LogP contribution is -2.29. The molecule has 0 spiro atoms. The first-order valence-electron chi connectivity index (χ1n) is 6.77. The Balaban J connectivity index is 2.91. The van der Waals surface area contributed by atoms with Crippen molar-refractivity contribution in [2.45, 2.75) is 58.9 Å². The quantitative estimate of drug-likeness (QED) is 0.806. The molecule has 0 heterocycles. The van der Waals surface area contributed by atoms with Crippen LogP contribution in [0, 0.1) is 5.92 Å². The first kappa shape index (κ1) is 14.2. The molecule has 0 aliphatic heterocycles. The van der Waals surface area contributed by atoms with Crippen molar-refractivity contribution in [1.82, 2.24) is 0 Å². The van der Waals surface area contributed by atoms with E-state index in [2.05, 4.69) is 58.9 Å². The van der Waals surface area contributed by atoms with Crippen molar-refractivity contribution in [3.63, 3.8) is 0 Å². The maximum Gasteiger partial charge on any atom is 0.0108 e. The normalized spacial score (nSPS) is 15.3. The van der Waals surface area contributed by atoms with E-state index in [1.165, 1.54) is 11.1 Å². The molecule has 0 bridgehead atoms. The van der Waals surface area contributed by atoms with Gasteiger partial charge in [-0.15, -0.1) is 0 Å². The summed E-state index contributed by atoms with van der Waals surface area (Å²) in [5.41, 5.74) is 9.19. The van der Waals surface area contributed by atoms with Gasteiger partial charge in [-0.3, -0.25) is 0 Å². The van der Waals surface area contributed by atoms with Gasteiger partial charge in [0.15, 0.2) is 0 Å². The van der Waals surface area contributed by atoms with Crippen molar-refractivity contribution >= 4 is 0 Å². The summed E-state index contributed by atoms with van der Waals surface area (Å²) in [6, 6.07) is 8.98. The zero-order chi connectivity index (χ0) is 13.0. The van der Waals surface area contributed by atoms with E-state index in [1.807, 2.05) is 0 Å². The summed E-state index contributed by atoms with van der Waals surface area (Å²) in [6.45, 7) is 11.2. The molecule has 0 radical (unpaired) electrons. The minimum absolute atomic E-state index is 0.259. The molecule has 1 nitrogen and oxygen atoms in total. The Kier molecular flexibility index (Phi) is 5.20. The Morgan fingerprint density at radius 2 is 1.47 bits per heavy atom. The van der Waals surface area contributed by atoms with Crippen LogP contribution in [0.4, 0.5) is 0 Å². The van der Waals surface area contributed by atoms with Crippen LogP contribution in [0.3, 0.4) is 0 Å². The van der Waals surface area contributed by atoms with E-state index in [-0.39, 0.29) is 6.04 Å². The molecule has 0 saturated heterocycles. The minimum atomic E-state index is 0.259. The molecular formula is C16H27N. The number of nitrogens with two attached hydrogens (primary N) is 1. The summed E-state index contributed by atoms with van der Waals surface area (Å²) in [5, 5.41) is 0. The van der Waals surface area contributed by atoms with Gasteiger partial charge in [0.05, 0.1) is 0 Å². The van der Waals surface area contributed by atoms with Crippen molar-refractivity contribution < 1.29 is 0 Å². The maximum absolute atomic E-state index is 6.32. The smallest absolute Gasteiger partial charge is 0.0108 e. The van der Waals surface area contributed by atoms with Gasteiger partial charge in [0.2, 0.25) is 0 Å². The number of hydrogen-bond acceptors (Lipinski definition) is 1. The second-order valence-electron chi connectivity index (χ2n) is 5.87. The van der Waals surface area contributed by atoms with E-state index in [0.29, 0.717) is 17.8 Å². The SMILES string of the molecule is CC(C)CC(N)C(C)c1ccccc1C(C)C. The molecule has 0 aliphatic rings. The fraction of sp³-hybridized carbons (Fsp3) is 0.625. The molecule has 96 valence electrons. The van der Waals surface area contributed by atoms with Crippen LogP contribution in [-0.4, -0.2) is 6.04 Å². The highest BCUT2D eigenvalue weighted by atomic mass is 14.6. The van der Waals surface area contributed by atoms with Crippen molar-refractivity contribution in [1.29, 1.82) is 0 Å². The third kappa shape index (κ3) is 3.85. The van der Waals surface area contributed by atoms with Crippen LogP contribution in [-0.2, 0) is 0 Å². The molecule has 2 N–H and O–H groups in total. The predicted molar refractivity (Wildman–Crippen MR) is 76.4 cm³/mol. The highest BCUT2D eigenvalue weighted by molar-refractivity contribution is 5.33. The fourth-order valence-corrected chi connectivity index (χ4v) is 2.43. The van der Waals surface area contributed by atoms with Crippen LogP contribution in [0.5, 0.6) is 0 Å². The Hall–Kier alpha value is -0.820. The Morgan fingerprint density at radius 3 is 1.94 bits per heavy atom. The van der Waals surface area contributed by atoms with E-state index in [0.717, 1.165) is 6.42 Å². The standard InChI is InChI=1S/C16H27N/c1-11(2)10-16(17)13(5)15-9-7-6-8-14(15)12(3)4/h6-9,11-13,16H,10,17H2,1-5H3. The second kappa shape index (κ2) is 6.20. The molecule has 0 aromatic heterocycles. The number of hydrogen-bond donors (Lipinski definition) is 1. The molecule has 1 rings (SSSR count). The van der Waals surface area contributed by atoms with Gasteiger partial charge in [0, 0.05) is 6.04 Å². The zero-order valence-corrected chi connectivity index (χ0v) is 11.9. The minimum Gasteiger partial charge on any atom is -0.327 e. The van der Waals surface area contributed by atoms with Gasteiger partial charge >= 0.3 is 0 Å². The van der Waals surface area contributed by atoms with Crippen LogP contribution in [0.2, 0.25) is 0 Å². The molecular weight excluding hydrogens is 206 g/mol. The van der Waals surface area contributed by atoms with Gasteiger partial charge in [0.25, 0.3) is 0 Å². The topological polar surface area (TPSA) is 26.0 Å². The molecule has 1 aromatic carbocycles. The third-order valence-corrected chi connectivity index (χ3v) is 3.49. The molecule has 2 atom stereocenters. The van der Waals surface area contributed by atoms with Crippen LogP contribution < -0.4 is 5.73 Å². The molecule has 2 unspecified atom stereocenters. The second-order valence-corrected chi connectivity index (χ2v) is 5.87. The molecule has 1 heteroatoms. The number of benzene rings is 1. The average Bonchev–Trinajstić information content (AvgIpc) is 2.27. The largest absolute Gasteiger partial charge is 0.327 e. The zero-order valence-electron chi connectivity index (χ0n) is 11.9. The van der Waals surface area contributed by atoms with Crippen molar-refractivity contribution in [3.8, 4) is 0 Å². The lowest BCUT2D eigenvalue weighted by molar-refractivity contribution is 0.447. The highest BCUT2D eigenvalue weighted by Crippen LogP contribution is 2.29. The first-order chi connectivity index (χ1) is 7.93. The summed E-state index contributed by atoms with van der Waals surface area (Å²) in [5.74, 6) is 1.68. The van der Waals surface area contributed by atoms with Gasteiger partial charge in [-0.25, -0.2) is 0 Å². The molecule has 0 saturated carbocycles. The van der Waals surface area contributed by atoms with E-state index in [9.17, 15) is 0 Å². The summed E-state index contributed by atoms with van der Waals surface area (Å²) < 4.78 is 0. The lowest BCUT2D eigenvalue weighted by atomic mass is 9.83. The maximum atomic E-state index is 6.32. The van der Waals surface area contributed by atoms with Gasteiger partial charge in [0.1, 0.15) is 0 Å². The molecule has 1 aromatic rings. The summed E-state index contributed by atoms with van der Waals surface area (Å²) in [6.07, 6.45) is 1.09. The molecule has 17 heavy (non-hydrogen) atoms. The molecule has 0 amide bonds. The monoisotopic (exact) mass is 233 g/mol. The predicted octanol–water partition coefficient (Wildman–Crippen LogP) is 4.29. The van der Waals surface area contributed by atoms with Crippen LogP contribution in [0.25, 0.3) is 0 Å². The van der Waals surface area contributed by atoms with Gasteiger partial charge in [-0.2, -0.15) is 0 Å². The summed E-state index contributed by atoms with van der Waals surface area (Å²) in [7, 11) is 0. The van der Waals surface area contributed by atoms with Crippen LogP contribution in [0.1, 0.15) is 64.0 Å². The van der Waals surface area contributed by atoms with E-state index in [4.69, 9.17) is 5.73 Å². The lowest BCUT2D eigenvalue weighted by Gasteiger charge is -2.25. The van der Waals surface area contributed by atoms with Crippen LogP contribution >= 0.6 is 0 Å². The Morgan fingerprint density at radius 1 is 0.941 bits per heavy atom. The highest BCUT2D eigenvalue weighted by Gasteiger charge is 2.19. The van der Waals surface area contributed by atoms with Crippen molar-refractivity contribution in [2.75, 3.05) is 0 Å². The van der Waals surface area contributed by atoms with Crippen molar-refractivity contribution in [2.24, 2.45) is 11.7 Å².